The number of nitrogens with two attached hydrogens (primary N) is 1. The second kappa shape index (κ2) is 6.44. The van der Waals surface area contributed by atoms with Crippen LogP contribution in [0.4, 0.5) is 5.69 Å². The molecule has 2 N–H and O–H groups in total. The standard InChI is InChI=1S/C18H22N2O/c1-13-8-9-16(14(2)10-13)12-20(3)18(21)11-15-6-4-5-7-17(15)19/h4-10H,11-12,19H2,1-3H3. The van der Waals surface area contributed by atoms with Gasteiger partial charge in [0.25, 0.3) is 0 Å². The van der Waals surface area contributed by atoms with Crippen LogP contribution in [0.15, 0.2) is 42.5 Å². The van der Waals surface area contributed by atoms with Crippen molar-refractivity contribution in [1.82, 2.24) is 4.90 Å². The summed E-state index contributed by atoms with van der Waals surface area (Å²) in [6, 6.07) is 13.8. The van der Waals surface area contributed by atoms with E-state index in [1.165, 1.54) is 16.7 Å². The van der Waals surface area contributed by atoms with Gasteiger partial charge >= 0.3 is 0 Å². The topological polar surface area (TPSA) is 46.3 Å². The van der Waals surface area contributed by atoms with E-state index in [-0.39, 0.29) is 5.91 Å². The Hall–Kier alpha value is -2.29. The van der Waals surface area contributed by atoms with Crippen molar-refractivity contribution in [3.63, 3.8) is 0 Å². The second-order valence-electron chi connectivity index (χ2n) is 5.56. The Bertz CT molecular complexity index is 649. The molecule has 21 heavy (non-hydrogen) atoms. The molecule has 0 fully saturated rings. The van der Waals surface area contributed by atoms with E-state index in [2.05, 4.69) is 32.0 Å². The van der Waals surface area contributed by atoms with Gasteiger partial charge in [-0.05, 0) is 36.6 Å². The van der Waals surface area contributed by atoms with Crippen LogP contribution >= 0.6 is 0 Å². The first kappa shape index (κ1) is 15.1. The van der Waals surface area contributed by atoms with Crippen molar-refractivity contribution >= 4 is 11.6 Å². The lowest BCUT2D eigenvalue weighted by Gasteiger charge is -2.19. The van der Waals surface area contributed by atoms with E-state index in [9.17, 15) is 4.79 Å². The molecule has 0 heterocycles. The lowest BCUT2D eigenvalue weighted by atomic mass is 10.0. The fraction of sp³-hybridized carbons (Fsp3) is 0.278. The molecule has 0 aliphatic rings. The first-order chi connectivity index (χ1) is 9.97. The highest BCUT2D eigenvalue weighted by molar-refractivity contribution is 5.80. The number of nitrogens with zero attached hydrogens (tertiary/aromatic N) is 1. The number of anilines is 1. The van der Waals surface area contributed by atoms with Crippen LogP contribution in [0.25, 0.3) is 0 Å². The Morgan fingerprint density at radius 3 is 2.48 bits per heavy atom. The molecular weight excluding hydrogens is 260 g/mol. The zero-order valence-electron chi connectivity index (χ0n) is 12.9. The lowest BCUT2D eigenvalue weighted by molar-refractivity contribution is -0.129. The van der Waals surface area contributed by atoms with Crippen molar-refractivity contribution < 1.29 is 4.79 Å². The van der Waals surface area contributed by atoms with Crippen LogP contribution in [0.2, 0.25) is 0 Å². The maximum Gasteiger partial charge on any atom is 0.227 e. The average molecular weight is 282 g/mol. The van der Waals surface area contributed by atoms with Gasteiger partial charge in [-0.1, -0.05) is 42.0 Å². The van der Waals surface area contributed by atoms with Crippen LogP contribution < -0.4 is 5.73 Å². The summed E-state index contributed by atoms with van der Waals surface area (Å²) < 4.78 is 0. The van der Waals surface area contributed by atoms with Crippen molar-refractivity contribution in [2.24, 2.45) is 0 Å². The van der Waals surface area contributed by atoms with Gasteiger partial charge < -0.3 is 10.6 Å². The number of benzene rings is 2. The molecule has 0 radical (unpaired) electrons. The highest BCUT2D eigenvalue weighted by atomic mass is 16.2. The zero-order chi connectivity index (χ0) is 15.4. The predicted octanol–water partition coefficient (Wildman–Crippen LogP) is 3.09. The molecule has 0 spiro atoms. The highest BCUT2D eigenvalue weighted by Crippen LogP contribution is 2.15. The van der Waals surface area contributed by atoms with E-state index in [4.69, 9.17) is 5.73 Å². The van der Waals surface area contributed by atoms with Gasteiger partial charge in [0.1, 0.15) is 0 Å². The third kappa shape index (κ3) is 3.85. The molecule has 0 unspecified atom stereocenters. The Morgan fingerprint density at radius 2 is 1.81 bits per heavy atom. The fourth-order valence-electron chi connectivity index (χ4n) is 2.36. The number of nitrogen functional groups attached to an aromatic ring is 1. The number of carbonyl (C=O) groups is 1. The van der Waals surface area contributed by atoms with E-state index >= 15 is 0 Å². The Balaban J connectivity index is 2.04. The fourth-order valence-corrected chi connectivity index (χ4v) is 2.36. The van der Waals surface area contributed by atoms with Gasteiger partial charge in [-0.2, -0.15) is 0 Å². The molecule has 0 aliphatic carbocycles. The van der Waals surface area contributed by atoms with Gasteiger partial charge in [-0.25, -0.2) is 0 Å². The molecule has 2 rings (SSSR count). The highest BCUT2D eigenvalue weighted by Gasteiger charge is 2.12. The van der Waals surface area contributed by atoms with Gasteiger partial charge in [-0.15, -0.1) is 0 Å². The quantitative estimate of drug-likeness (QED) is 0.876. The van der Waals surface area contributed by atoms with Crippen molar-refractivity contribution in [2.45, 2.75) is 26.8 Å². The molecule has 1 amide bonds. The molecule has 110 valence electrons. The van der Waals surface area contributed by atoms with Crippen LogP contribution in [-0.2, 0) is 17.8 Å². The van der Waals surface area contributed by atoms with Crippen LogP contribution in [0.5, 0.6) is 0 Å². The lowest BCUT2D eigenvalue weighted by Crippen LogP contribution is -2.28. The maximum atomic E-state index is 12.3. The predicted molar refractivity (Wildman–Crippen MR) is 86.9 cm³/mol. The molecule has 2 aromatic rings. The van der Waals surface area contributed by atoms with Crippen LogP contribution in [0.3, 0.4) is 0 Å². The summed E-state index contributed by atoms with van der Waals surface area (Å²) >= 11 is 0. The third-order valence-electron chi connectivity index (χ3n) is 3.73. The van der Waals surface area contributed by atoms with Crippen molar-refractivity contribution in [3.8, 4) is 0 Å². The van der Waals surface area contributed by atoms with Crippen molar-refractivity contribution in [2.75, 3.05) is 12.8 Å². The summed E-state index contributed by atoms with van der Waals surface area (Å²) in [5.41, 5.74) is 11.1. The number of para-hydroxylation sites is 1. The number of hydrogen-bond acceptors (Lipinski definition) is 2. The number of rotatable bonds is 4. The molecule has 3 nitrogen and oxygen atoms in total. The number of amides is 1. The molecule has 0 saturated heterocycles. The second-order valence-corrected chi connectivity index (χ2v) is 5.56. The van der Waals surface area contributed by atoms with Gasteiger partial charge in [0, 0.05) is 19.3 Å². The third-order valence-corrected chi connectivity index (χ3v) is 3.73. The molecule has 0 aliphatic heterocycles. The first-order valence-electron chi connectivity index (χ1n) is 7.11. The molecule has 0 aromatic heterocycles. The maximum absolute atomic E-state index is 12.3. The summed E-state index contributed by atoms with van der Waals surface area (Å²) in [6.45, 7) is 4.78. The van der Waals surface area contributed by atoms with E-state index < -0.39 is 0 Å². The Kier molecular flexibility index (Phi) is 4.63. The molecule has 0 atom stereocenters. The molecule has 0 saturated carbocycles. The smallest absolute Gasteiger partial charge is 0.227 e. The summed E-state index contributed by atoms with van der Waals surface area (Å²) in [7, 11) is 1.83. The van der Waals surface area contributed by atoms with Gasteiger partial charge in [-0.3, -0.25) is 4.79 Å². The molecule has 3 heteroatoms. The van der Waals surface area contributed by atoms with Gasteiger partial charge in [0.15, 0.2) is 0 Å². The molecule has 0 bridgehead atoms. The van der Waals surface area contributed by atoms with Gasteiger partial charge in [0.05, 0.1) is 6.42 Å². The SMILES string of the molecule is Cc1ccc(CN(C)C(=O)Cc2ccccc2N)c(C)c1. The van der Waals surface area contributed by atoms with E-state index in [1.54, 1.807) is 4.90 Å². The summed E-state index contributed by atoms with van der Waals surface area (Å²) in [6.07, 6.45) is 0.341. The summed E-state index contributed by atoms with van der Waals surface area (Å²) in [5.74, 6) is 0.0767. The summed E-state index contributed by atoms with van der Waals surface area (Å²) in [5, 5.41) is 0. The zero-order valence-corrected chi connectivity index (χ0v) is 12.9. The Morgan fingerprint density at radius 1 is 1.10 bits per heavy atom. The van der Waals surface area contributed by atoms with Crippen LogP contribution in [0, 0.1) is 13.8 Å². The minimum atomic E-state index is 0.0767. The van der Waals surface area contributed by atoms with Gasteiger partial charge in [0.2, 0.25) is 5.91 Å². The minimum Gasteiger partial charge on any atom is -0.398 e. The van der Waals surface area contributed by atoms with Crippen LogP contribution in [0.1, 0.15) is 22.3 Å². The average Bonchev–Trinajstić information content (AvgIpc) is 2.44. The van der Waals surface area contributed by atoms with Crippen LogP contribution in [-0.4, -0.2) is 17.9 Å². The van der Waals surface area contributed by atoms with E-state index in [0.29, 0.717) is 18.7 Å². The monoisotopic (exact) mass is 282 g/mol. The van der Waals surface area contributed by atoms with E-state index in [0.717, 1.165) is 5.56 Å². The van der Waals surface area contributed by atoms with Crippen molar-refractivity contribution in [1.29, 1.82) is 0 Å². The first-order valence-corrected chi connectivity index (χ1v) is 7.11. The Labute approximate surface area is 126 Å². The summed E-state index contributed by atoms with van der Waals surface area (Å²) in [4.78, 5) is 14.1. The van der Waals surface area contributed by atoms with Crippen molar-refractivity contribution in [3.05, 3.63) is 64.7 Å². The number of likely N-dealkylation sites (N-methyl/N-ethyl adjacent to an activating group) is 1. The molecular formula is C18H22N2O. The minimum absolute atomic E-state index is 0.0767. The number of hydrogen-bond donors (Lipinski definition) is 1. The number of aryl methyl sites for hydroxylation is 2. The molecule has 2 aromatic carbocycles. The van der Waals surface area contributed by atoms with E-state index in [1.807, 2.05) is 31.3 Å². The largest absolute Gasteiger partial charge is 0.398 e. The number of carbonyl (C=O) groups excluding carboxylic acids is 1. The normalized spacial score (nSPS) is 10.4.